The smallest absolute Gasteiger partial charge is 0.310 e. The zero-order valence-electron chi connectivity index (χ0n) is 20.9. The number of aliphatic carboxylic acids is 1. The van der Waals surface area contributed by atoms with Crippen molar-refractivity contribution in [3.8, 4) is 0 Å². The molecule has 1 saturated heterocycles. The van der Waals surface area contributed by atoms with Crippen LogP contribution in [-0.2, 0) is 11.2 Å². The Bertz CT molecular complexity index is 1240. The third-order valence-corrected chi connectivity index (χ3v) is 8.24. The molecule has 10 heteroatoms. The third-order valence-electron chi connectivity index (χ3n) is 7.89. The molecule has 2 aliphatic carbocycles. The maximum atomic E-state index is 14.9. The molecule has 2 atom stereocenters. The van der Waals surface area contributed by atoms with Crippen LogP contribution >= 0.6 is 11.6 Å². The molecule has 3 N–H and O–H groups in total. The Balaban J connectivity index is 1.32. The van der Waals surface area contributed by atoms with Crippen molar-refractivity contribution in [1.29, 1.82) is 0 Å². The van der Waals surface area contributed by atoms with E-state index in [1.54, 1.807) is 0 Å². The summed E-state index contributed by atoms with van der Waals surface area (Å²) < 4.78 is 29.5. The van der Waals surface area contributed by atoms with Crippen LogP contribution in [0.2, 0.25) is 0 Å². The molecule has 0 amide bonds. The van der Waals surface area contributed by atoms with Gasteiger partial charge in [-0.25, -0.2) is 13.8 Å². The van der Waals surface area contributed by atoms with E-state index in [0.29, 0.717) is 68.3 Å². The summed E-state index contributed by atoms with van der Waals surface area (Å²) in [6.07, 6.45) is 6.67. The highest BCUT2D eigenvalue weighted by atomic mass is 35.5. The fraction of sp³-hybridized carbons (Fsp3) is 0.519. The van der Waals surface area contributed by atoms with Crippen molar-refractivity contribution in [1.82, 2.24) is 20.1 Å². The van der Waals surface area contributed by atoms with Crippen molar-refractivity contribution in [2.75, 3.05) is 18.4 Å². The van der Waals surface area contributed by atoms with Crippen LogP contribution in [-0.4, -0.2) is 50.3 Å². The van der Waals surface area contributed by atoms with Gasteiger partial charge in [0.2, 0.25) is 0 Å². The first-order valence-electron chi connectivity index (χ1n) is 13.0. The van der Waals surface area contributed by atoms with Gasteiger partial charge in [-0.1, -0.05) is 24.6 Å². The highest BCUT2D eigenvalue weighted by Crippen LogP contribution is 2.42. The highest BCUT2D eigenvalue weighted by molar-refractivity contribution is 6.30. The van der Waals surface area contributed by atoms with Gasteiger partial charge in [-0.2, -0.15) is 5.10 Å². The molecule has 198 valence electrons. The summed E-state index contributed by atoms with van der Waals surface area (Å²) in [5.74, 6) is -0.327. The standard InChI is InChI=1S/C27H32ClF2N5O2/c1-2-18-13-27(26(36)37,10-11-35(18)15-17-4-3-5-19(28)25(17)30)14-22-20(29)8-9-23(31-22)32-24-12-21(33-34-24)16-6-7-16/h4,8-9,12,16,18H,2-3,5-7,10-11,13-15H2,1H3,(H,36,37)(H2,31,32,33,34). The van der Waals surface area contributed by atoms with Gasteiger partial charge in [0, 0.05) is 36.7 Å². The Kier molecular flexibility index (Phi) is 7.36. The number of piperidine rings is 1. The number of carboxylic acids is 1. The quantitative estimate of drug-likeness (QED) is 0.357. The molecule has 0 radical (unpaired) electrons. The Morgan fingerprint density at radius 1 is 1.32 bits per heavy atom. The Morgan fingerprint density at radius 3 is 2.86 bits per heavy atom. The van der Waals surface area contributed by atoms with E-state index >= 15 is 0 Å². The van der Waals surface area contributed by atoms with E-state index in [1.807, 2.05) is 19.1 Å². The van der Waals surface area contributed by atoms with Gasteiger partial charge < -0.3 is 10.4 Å². The van der Waals surface area contributed by atoms with Crippen LogP contribution in [0.3, 0.4) is 0 Å². The fourth-order valence-electron chi connectivity index (χ4n) is 5.50. The number of nitrogens with zero attached hydrogens (tertiary/aromatic N) is 3. The largest absolute Gasteiger partial charge is 0.481 e. The van der Waals surface area contributed by atoms with Crippen molar-refractivity contribution in [3.63, 3.8) is 0 Å². The van der Waals surface area contributed by atoms with Crippen LogP contribution in [0.5, 0.6) is 0 Å². The number of nitrogens with one attached hydrogen (secondary N) is 2. The van der Waals surface area contributed by atoms with Gasteiger partial charge in [-0.15, -0.1) is 0 Å². The molecule has 0 bridgehead atoms. The molecular weight excluding hydrogens is 500 g/mol. The van der Waals surface area contributed by atoms with E-state index in [-0.39, 0.29) is 29.0 Å². The van der Waals surface area contributed by atoms with Gasteiger partial charge >= 0.3 is 5.97 Å². The second kappa shape index (κ2) is 10.5. The van der Waals surface area contributed by atoms with Crippen LogP contribution in [0.25, 0.3) is 0 Å². The van der Waals surface area contributed by atoms with Gasteiger partial charge in [0.25, 0.3) is 0 Å². The minimum absolute atomic E-state index is 0.0231. The van der Waals surface area contributed by atoms with Crippen molar-refractivity contribution in [2.24, 2.45) is 5.41 Å². The first-order valence-corrected chi connectivity index (χ1v) is 13.3. The van der Waals surface area contributed by atoms with Gasteiger partial charge in [0.1, 0.15) is 17.5 Å². The SMILES string of the molecule is CCC1CC(Cc2nc(Nc3cc(C4CC4)[nH]n3)ccc2F)(C(=O)O)CCN1CC1=CCCC(Cl)=C1F. The number of aromatic nitrogens is 3. The average molecular weight is 532 g/mol. The van der Waals surface area contributed by atoms with E-state index in [4.69, 9.17) is 11.6 Å². The summed E-state index contributed by atoms with van der Waals surface area (Å²) in [7, 11) is 0. The predicted octanol–water partition coefficient (Wildman–Crippen LogP) is 6.19. The lowest BCUT2D eigenvalue weighted by Crippen LogP contribution is -2.51. The number of carboxylic acid groups (broad SMARTS) is 1. The number of likely N-dealkylation sites (tertiary alicyclic amines) is 1. The van der Waals surface area contributed by atoms with Crippen molar-refractivity contribution < 1.29 is 18.7 Å². The number of carbonyl (C=O) groups is 1. The molecule has 2 aromatic heterocycles. The number of anilines is 2. The van der Waals surface area contributed by atoms with E-state index in [0.717, 1.165) is 18.5 Å². The Labute approximate surface area is 220 Å². The Morgan fingerprint density at radius 2 is 2.14 bits per heavy atom. The second-order valence-electron chi connectivity index (χ2n) is 10.5. The van der Waals surface area contributed by atoms with Crippen molar-refractivity contribution in [3.05, 3.63) is 57.9 Å². The van der Waals surface area contributed by atoms with E-state index in [9.17, 15) is 18.7 Å². The number of halogens is 3. The van der Waals surface area contributed by atoms with Crippen molar-refractivity contribution >= 4 is 29.2 Å². The number of hydrogen-bond acceptors (Lipinski definition) is 5. The maximum Gasteiger partial charge on any atom is 0.310 e. The zero-order chi connectivity index (χ0) is 26.2. The lowest BCUT2D eigenvalue weighted by Gasteiger charge is -2.44. The number of H-pyrrole nitrogens is 1. The molecule has 2 aromatic rings. The summed E-state index contributed by atoms with van der Waals surface area (Å²) in [6, 6.07) is 4.68. The Hall–Kier alpha value is -2.78. The first-order chi connectivity index (χ1) is 17.8. The van der Waals surface area contributed by atoms with E-state index in [1.165, 1.54) is 12.1 Å². The molecule has 3 aliphatic rings. The predicted molar refractivity (Wildman–Crippen MR) is 138 cm³/mol. The first kappa shape index (κ1) is 25.9. The number of hydrogen-bond donors (Lipinski definition) is 3. The molecule has 0 aromatic carbocycles. The number of aromatic amines is 1. The molecule has 0 spiro atoms. The summed E-state index contributed by atoms with van der Waals surface area (Å²) in [5, 5.41) is 20.9. The molecule has 1 saturated carbocycles. The molecule has 5 rings (SSSR count). The summed E-state index contributed by atoms with van der Waals surface area (Å²) >= 11 is 6.04. The van der Waals surface area contributed by atoms with Crippen LogP contribution in [0.15, 0.2) is 40.7 Å². The molecule has 2 fully saturated rings. The normalized spacial score (nSPS) is 24.8. The molecule has 3 heterocycles. The van der Waals surface area contributed by atoms with Crippen LogP contribution in [0.1, 0.15) is 69.2 Å². The fourth-order valence-corrected chi connectivity index (χ4v) is 5.73. The average Bonchev–Trinajstić information content (AvgIpc) is 3.63. The zero-order valence-corrected chi connectivity index (χ0v) is 21.6. The molecule has 2 unspecified atom stereocenters. The summed E-state index contributed by atoms with van der Waals surface area (Å²) in [5.41, 5.74) is 0.576. The molecular formula is C27H32ClF2N5O2. The van der Waals surface area contributed by atoms with E-state index in [2.05, 4.69) is 25.4 Å². The number of pyridine rings is 1. The highest BCUT2D eigenvalue weighted by Gasteiger charge is 2.46. The van der Waals surface area contributed by atoms with E-state index < -0.39 is 17.2 Å². The second-order valence-corrected chi connectivity index (χ2v) is 10.9. The molecule has 7 nitrogen and oxygen atoms in total. The van der Waals surface area contributed by atoms with Crippen molar-refractivity contribution in [2.45, 2.75) is 70.3 Å². The lowest BCUT2D eigenvalue weighted by atomic mass is 9.71. The van der Waals surface area contributed by atoms with Crippen LogP contribution in [0.4, 0.5) is 20.4 Å². The van der Waals surface area contributed by atoms with Crippen LogP contribution < -0.4 is 5.32 Å². The maximum absolute atomic E-state index is 14.9. The van der Waals surface area contributed by atoms with Gasteiger partial charge in [-0.3, -0.25) is 14.8 Å². The minimum Gasteiger partial charge on any atom is -0.481 e. The summed E-state index contributed by atoms with van der Waals surface area (Å²) in [4.78, 5) is 19.2. The molecule has 1 aliphatic heterocycles. The van der Waals surface area contributed by atoms with Gasteiger partial charge in [0.05, 0.1) is 16.1 Å². The monoisotopic (exact) mass is 531 g/mol. The molecule has 37 heavy (non-hydrogen) atoms. The summed E-state index contributed by atoms with van der Waals surface area (Å²) in [6.45, 7) is 2.84. The lowest BCUT2D eigenvalue weighted by molar-refractivity contribution is -0.153. The van der Waals surface area contributed by atoms with Gasteiger partial charge in [0.15, 0.2) is 5.82 Å². The van der Waals surface area contributed by atoms with Crippen LogP contribution in [0, 0.1) is 11.2 Å². The number of rotatable bonds is 9. The number of allylic oxidation sites excluding steroid dienone is 2. The minimum atomic E-state index is -1.16. The third kappa shape index (κ3) is 5.57. The topological polar surface area (TPSA) is 94.1 Å². The van der Waals surface area contributed by atoms with Gasteiger partial charge in [-0.05, 0) is 69.2 Å².